The fourth-order valence-electron chi connectivity index (χ4n) is 3.56. The van der Waals surface area contributed by atoms with Crippen molar-refractivity contribution in [3.63, 3.8) is 0 Å². The first kappa shape index (κ1) is 24.0. The Labute approximate surface area is 180 Å². The highest BCUT2D eigenvalue weighted by Gasteiger charge is 2.58. The van der Waals surface area contributed by atoms with Gasteiger partial charge in [-0.05, 0) is 49.0 Å². The molecule has 0 aliphatic heterocycles. The summed E-state index contributed by atoms with van der Waals surface area (Å²) in [7, 11) is 0.558. The predicted octanol–water partition coefficient (Wildman–Crippen LogP) is 4.91. The highest BCUT2D eigenvalue weighted by molar-refractivity contribution is 7.99. The molecule has 1 aromatic rings. The van der Waals surface area contributed by atoms with Gasteiger partial charge in [-0.3, -0.25) is 9.59 Å². The standard InChI is InChI=1S/C22H34O5SSi/c1-21(2,3)29(6,7)27-18-14-22(19(23)25-4,20(24)26-5)13-16(18)15-28-17-11-9-8-10-12-17/h8-12,16,18H,13-15H2,1-7H3. The van der Waals surface area contributed by atoms with Crippen LogP contribution in [-0.2, 0) is 23.5 Å². The van der Waals surface area contributed by atoms with E-state index in [0.717, 1.165) is 10.6 Å². The lowest BCUT2D eigenvalue weighted by Gasteiger charge is -2.40. The van der Waals surface area contributed by atoms with Crippen molar-refractivity contribution in [3.05, 3.63) is 30.3 Å². The van der Waals surface area contributed by atoms with E-state index in [1.54, 1.807) is 11.8 Å². The summed E-state index contributed by atoms with van der Waals surface area (Å²) in [4.78, 5) is 26.5. The Morgan fingerprint density at radius 2 is 1.62 bits per heavy atom. The smallest absolute Gasteiger partial charge is 0.323 e. The molecule has 162 valence electrons. The van der Waals surface area contributed by atoms with Gasteiger partial charge in [0.2, 0.25) is 0 Å². The topological polar surface area (TPSA) is 61.8 Å². The van der Waals surface area contributed by atoms with E-state index in [-0.39, 0.29) is 17.1 Å². The molecular formula is C22H34O5SSi. The number of benzene rings is 1. The molecule has 0 spiro atoms. The second-order valence-corrected chi connectivity index (χ2v) is 15.1. The molecule has 0 N–H and O–H groups in total. The van der Waals surface area contributed by atoms with E-state index in [0.29, 0.717) is 12.8 Å². The third kappa shape index (κ3) is 5.24. The van der Waals surface area contributed by atoms with Crippen LogP contribution in [0.3, 0.4) is 0 Å². The molecular weight excluding hydrogens is 404 g/mol. The Hall–Kier alpha value is -1.31. The Bertz CT molecular complexity index is 698. The highest BCUT2D eigenvalue weighted by atomic mass is 32.2. The molecule has 0 aromatic heterocycles. The zero-order chi connectivity index (χ0) is 21.9. The summed E-state index contributed by atoms with van der Waals surface area (Å²) in [6.45, 7) is 11.0. The largest absolute Gasteiger partial charge is 0.468 e. The Balaban J connectivity index is 2.32. The van der Waals surface area contributed by atoms with Gasteiger partial charge in [-0.25, -0.2) is 0 Å². The minimum Gasteiger partial charge on any atom is -0.468 e. The molecule has 0 amide bonds. The number of methoxy groups -OCH3 is 2. The monoisotopic (exact) mass is 438 g/mol. The van der Waals surface area contributed by atoms with Crippen LogP contribution in [0, 0.1) is 11.3 Å². The van der Waals surface area contributed by atoms with Crippen molar-refractivity contribution in [2.24, 2.45) is 11.3 Å². The molecule has 0 saturated heterocycles. The summed E-state index contributed by atoms with van der Waals surface area (Å²) in [5, 5.41) is 0.0336. The molecule has 5 nitrogen and oxygen atoms in total. The minimum atomic E-state index is -2.09. The number of rotatable bonds is 7. The van der Waals surface area contributed by atoms with Crippen molar-refractivity contribution in [2.45, 2.75) is 62.7 Å². The molecule has 0 radical (unpaired) electrons. The van der Waals surface area contributed by atoms with Gasteiger partial charge in [0.05, 0.1) is 20.3 Å². The van der Waals surface area contributed by atoms with Crippen molar-refractivity contribution >= 4 is 32.0 Å². The number of ether oxygens (including phenoxy) is 2. The van der Waals surface area contributed by atoms with Crippen molar-refractivity contribution < 1.29 is 23.5 Å². The first-order valence-corrected chi connectivity index (χ1v) is 13.9. The van der Waals surface area contributed by atoms with E-state index in [1.807, 2.05) is 18.2 Å². The summed E-state index contributed by atoms with van der Waals surface area (Å²) in [5.74, 6) is -0.243. The van der Waals surface area contributed by atoms with E-state index in [4.69, 9.17) is 13.9 Å². The van der Waals surface area contributed by atoms with Gasteiger partial charge < -0.3 is 13.9 Å². The molecule has 1 saturated carbocycles. The van der Waals surface area contributed by atoms with Gasteiger partial charge in [0, 0.05) is 10.6 Å². The quantitative estimate of drug-likeness (QED) is 0.261. The summed E-state index contributed by atoms with van der Waals surface area (Å²) < 4.78 is 16.8. The average Bonchev–Trinajstić information content (AvgIpc) is 3.03. The molecule has 29 heavy (non-hydrogen) atoms. The number of hydrogen-bond donors (Lipinski definition) is 0. The Kier molecular flexibility index (Phi) is 7.62. The summed E-state index contributed by atoms with van der Waals surface area (Å²) in [6.07, 6.45) is 0.495. The lowest BCUT2D eigenvalue weighted by atomic mass is 9.85. The minimum absolute atomic E-state index is 0.0336. The maximum atomic E-state index is 12.7. The van der Waals surface area contributed by atoms with Gasteiger partial charge in [0.25, 0.3) is 0 Å². The summed E-state index contributed by atoms with van der Waals surface area (Å²) in [5.41, 5.74) is -1.29. The Morgan fingerprint density at radius 3 is 2.10 bits per heavy atom. The number of hydrogen-bond acceptors (Lipinski definition) is 6. The maximum Gasteiger partial charge on any atom is 0.323 e. The zero-order valence-electron chi connectivity index (χ0n) is 18.6. The molecule has 7 heteroatoms. The molecule has 0 bridgehead atoms. The molecule has 2 atom stereocenters. The van der Waals surface area contributed by atoms with Crippen molar-refractivity contribution in [1.29, 1.82) is 0 Å². The first-order valence-electron chi connectivity index (χ1n) is 9.99. The van der Waals surface area contributed by atoms with Gasteiger partial charge in [-0.2, -0.15) is 0 Å². The summed E-state index contributed by atoms with van der Waals surface area (Å²) in [6, 6.07) is 10.1. The average molecular weight is 439 g/mol. The number of thioether (sulfide) groups is 1. The van der Waals surface area contributed by atoms with Gasteiger partial charge in [-0.15, -0.1) is 11.8 Å². The molecule has 1 fully saturated rings. The van der Waals surface area contributed by atoms with Crippen LogP contribution >= 0.6 is 11.8 Å². The number of carbonyl (C=O) groups excluding carboxylic acids is 2. The Morgan fingerprint density at radius 1 is 1.07 bits per heavy atom. The van der Waals surface area contributed by atoms with Crippen LogP contribution in [0.15, 0.2) is 35.2 Å². The normalized spacial score (nSPS) is 21.6. The van der Waals surface area contributed by atoms with Gasteiger partial charge >= 0.3 is 11.9 Å². The second-order valence-electron chi connectivity index (χ2n) is 9.27. The zero-order valence-corrected chi connectivity index (χ0v) is 20.4. The van der Waals surface area contributed by atoms with Gasteiger partial charge in [0.1, 0.15) is 0 Å². The van der Waals surface area contributed by atoms with Gasteiger partial charge in [-0.1, -0.05) is 39.0 Å². The lowest BCUT2D eigenvalue weighted by Crippen LogP contribution is -2.45. The van der Waals surface area contributed by atoms with E-state index < -0.39 is 25.7 Å². The SMILES string of the molecule is COC(=O)C1(C(=O)OC)CC(CSc2ccccc2)C(O[Si](C)(C)C(C)(C)C)C1. The molecule has 1 aliphatic carbocycles. The van der Waals surface area contributed by atoms with Gasteiger partial charge in [0.15, 0.2) is 13.7 Å². The molecule has 2 rings (SSSR count). The van der Waals surface area contributed by atoms with E-state index in [1.165, 1.54) is 14.2 Å². The van der Waals surface area contributed by atoms with E-state index in [2.05, 4.69) is 46.0 Å². The molecule has 1 aromatic carbocycles. The van der Waals surface area contributed by atoms with Crippen LogP contribution in [-0.4, -0.2) is 46.3 Å². The number of esters is 2. The van der Waals surface area contributed by atoms with Crippen LogP contribution < -0.4 is 0 Å². The van der Waals surface area contributed by atoms with E-state index in [9.17, 15) is 9.59 Å². The molecule has 2 unspecified atom stereocenters. The molecule has 1 aliphatic rings. The third-order valence-electron chi connectivity index (χ3n) is 6.30. The second kappa shape index (κ2) is 9.23. The first-order chi connectivity index (χ1) is 13.5. The predicted molar refractivity (Wildman–Crippen MR) is 118 cm³/mol. The molecule has 0 heterocycles. The van der Waals surface area contributed by atoms with E-state index >= 15 is 0 Å². The fourth-order valence-corrected chi connectivity index (χ4v) is 6.03. The van der Waals surface area contributed by atoms with Crippen LogP contribution in [0.1, 0.15) is 33.6 Å². The lowest BCUT2D eigenvalue weighted by molar-refractivity contribution is -0.169. The van der Waals surface area contributed by atoms with Crippen LogP contribution in [0.25, 0.3) is 0 Å². The van der Waals surface area contributed by atoms with Crippen molar-refractivity contribution in [3.8, 4) is 0 Å². The number of carbonyl (C=O) groups is 2. The van der Waals surface area contributed by atoms with Crippen molar-refractivity contribution in [1.82, 2.24) is 0 Å². The van der Waals surface area contributed by atoms with Crippen molar-refractivity contribution in [2.75, 3.05) is 20.0 Å². The van der Waals surface area contributed by atoms with Crippen LogP contribution in [0.4, 0.5) is 0 Å². The van der Waals surface area contributed by atoms with Crippen LogP contribution in [0.5, 0.6) is 0 Å². The maximum absolute atomic E-state index is 12.7. The van der Waals surface area contributed by atoms with Crippen LogP contribution in [0.2, 0.25) is 18.1 Å². The fraction of sp³-hybridized carbons (Fsp3) is 0.636. The highest BCUT2D eigenvalue weighted by Crippen LogP contribution is 2.49. The third-order valence-corrected chi connectivity index (χ3v) is 12.0. The summed E-state index contributed by atoms with van der Waals surface area (Å²) >= 11 is 1.73.